The molecule has 0 aromatic carbocycles. The number of rotatable bonds is 0. The first kappa shape index (κ1) is 2.49. The van der Waals surface area contributed by atoms with Crippen LogP contribution in [0.25, 0.3) is 0 Å². The molecule has 2 aliphatic rings. The zero-order chi connectivity index (χ0) is 6.54. The van der Waals surface area contributed by atoms with Crippen LogP contribution in [0, 0.1) is 0 Å². The van der Waals surface area contributed by atoms with Crippen molar-refractivity contribution in [2.45, 2.75) is 37.8 Å². The summed E-state index contributed by atoms with van der Waals surface area (Å²) in [4.78, 5) is 0. The summed E-state index contributed by atoms with van der Waals surface area (Å²) < 4.78 is 20.0. The van der Waals surface area contributed by atoms with Crippen molar-refractivity contribution in [2.24, 2.45) is 0 Å². The van der Waals surface area contributed by atoms with Gasteiger partial charge in [-0.15, -0.1) is 0 Å². The Kier molecular flexibility index (Phi) is 0.435. The molecule has 1 aliphatic heterocycles. The number of epoxide rings is 1. The average Bonchev–Trinajstić information content (AvgIpc) is 2.33. The fourth-order valence-corrected chi connectivity index (χ4v) is 1.08. The van der Waals surface area contributed by atoms with E-state index >= 15 is 0 Å². The largest absolute Gasteiger partial charge is 0.370 e. The Balaban J connectivity index is 2.15. The second-order valence-corrected chi connectivity index (χ2v) is 2.16. The molecule has 0 bridgehead atoms. The smallest absolute Gasteiger partial charge is 0.0841 e. The van der Waals surface area contributed by atoms with Gasteiger partial charge in [0, 0.05) is 0 Å². The fourth-order valence-electron chi connectivity index (χ4n) is 1.08. The molecule has 1 nitrogen and oxygen atoms in total. The van der Waals surface area contributed by atoms with Crippen molar-refractivity contribution in [1.82, 2.24) is 0 Å². The molecular formula is C6H10O. The molecule has 2 fully saturated rings. The quantitative estimate of drug-likeness (QED) is 0.418. The Labute approximate surface area is 46.5 Å². The highest BCUT2D eigenvalue weighted by atomic mass is 16.6. The van der Waals surface area contributed by atoms with Gasteiger partial charge in [0.25, 0.3) is 0 Å². The van der Waals surface area contributed by atoms with Gasteiger partial charge in [0.2, 0.25) is 0 Å². The average molecular weight is 100 g/mol. The van der Waals surface area contributed by atoms with Crippen molar-refractivity contribution in [3.05, 3.63) is 0 Å². The van der Waals surface area contributed by atoms with Crippen molar-refractivity contribution >= 4 is 0 Å². The Morgan fingerprint density at radius 3 is 2.29 bits per heavy atom. The number of fused-ring (bicyclic) bond motifs is 1. The van der Waals surface area contributed by atoms with Crippen LogP contribution in [-0.2, 0) is 4.74 Å². The van der Waals surface area contributed by atoms with E-state index in [1.165, 1.54) is 0 Å². The van der Waals surface area contributed by atoms with Gasteiger partial charge in [0.05, 0.1) is 14.9 Å². The lowest BCUT2D eigenvalue weighted by Gasteiger charge is -2.00. The zero-order valence-electron chi connectivity index (χ0n) is 6.24. The number of hydrogen-bond acceptors (Lipinski definition) is 1. The molecule has 0 radical (unpaired) electrons. The summed E-state index contributed by atoms with van der Waals surface area (Å²) >= 11 is 0. The van der Waals surface area contributed by atoms with E-state index in [0.717, 1.165) is 25.7 Å². The Morgan fingerprint density at radius 1 is 1.29 bits per heavy atom. The van der Waals surface area contributed by atoms with Gasteiger partial charge < -0.3 is 4.74 Å². The SMILES string of the molecule is [2H][C@@]12CCCC[C@]1([2H])O2. The second-order valence-electron chi connectivity index (χ2n) is 2.16. The lowest BCUT2D eigenvalue weighted by atomic mass is 10.0. The van der Waals surface area contributed by atoms with Crippen LogP contribution in [0.2, 0.25) is 0 Å². The predicted molar refractivity (Wildman–Crippen MR) is 27.1 cm³/mol. The van der Waals surface area contributed by atoms with Gasteiger partial charge in [-0.3, -0.25) is 0 Å². The normalized spacial score (nSPS) is 73.1. The molecule has 7 heavy (non-hydrogen) atoms. The van der Waals surface area contributed by atoms with E-state index in [-0.39, 0.29) is 0 Å². The van der Waals surface area contributed by atoms with Gasteiger partial charge in [-0.2, -0.15) is 0 Å². The predicted octanol–water partition coefficient (Wildman–Crippen LogP) is 1.33. The molecule has 1 aliphatic carbocycles. The summed E-state index contributed by atoms with van der Waals surface area (Å²) in [5.41, 5.74) is 0. The molecule has 0 aromatic heterocycles. The van der Waals surface area contributed by atoms with Crippen LogP contribution in [0.4, 0.5) is 0 Å². The van der Waals surface area contributed by atoms with E-state index in [1.54, 1.807) is 0 Å². The molecule has 2 rings (SSSR count). The van der Waals surface area contributed by atoms with Crippen LogP contribution in [0.1, 0.15) is 28.4 Å². The Morgan fingerprint density at radius 2 is 1.86 bits per heavy atom. The van der Waals surface area contributed by atoms with Crippen LogP contribution < -0.4 is 0 Å². The van der Waals surface area contributed by atoms with Gasteiger partial charge >= 0.3 is 0 Å². The molecule has 1 heterocycles. The molecule has 0 unspecified atom stereocenters. The Hall–Kier alpha value is -0.0400. The first-order valence-corrected chi connectivity index (χ1v) is 2.87. The van der Waals surface area contributed by atoms with Crippen LogP contribution >= 0.6 is 0 Å². The van der Waals surface area contributed by atoms with E-state index < -0.39 is 12.2 Å². The zero-order valence-corrected chi connectivity index (χ0v) is 4.24. The van der Waals surface area contributed by atoms with Gasteiger partial charge in [-0.25, -0.2) is 0 Å². The molecule has 1 saturated heterocycles. The van der Waals surface area contributed by atoms with Crippen molar-refractivity contribution in [3.63, 3.8) is 0 Å². The van der Waals surface area contributed by atoms with Crippen LogP contribution in [0.3, 0.4) is 0 Å². The summed E-state index contributed by atoms with van der Waals surface area (Å²) in [5, 5.41) is 0. The summed E-state index contributed by atoms with van der Waals surface area (Å²) in [5.74, 6) is 0. The highest BCUT2D eigenvalue weighted by Crippen LogP contribution is 2.35. The van der Waals surface area contributed by atoms with Gasteiger partial charge in [0.1, 0.15) is 0 Å². The monoisotopic (exact) mass is 100 g/mol. The van der Waals surface area contributed by atoms with Gasteiger partial charge in [0.15, 0.2) is 0 Å². The van der Waals surface area contributed by atoms with Crippen molar-refractivity contribution in [3.8, 4) is 0 Å². The molecule has 0 aromatic rings. The van der Waals surface area contributed by atoms with Crippen LogP contribution in [-0.4, -0.2) is 12.2 Å². The number of hydrogen-bond donors (Lipinski definition) is 0. The summed E-state index contributed by atoms with van der Waals surface area (Å²) in [6.07, 6.45) is 2.04. The highest BCUT2D eigenvalue weighted by molar-refractivity contribution is 4.87. The first-order chi connectivity index (χ1) is 4.16. The summed E-state index contributed by atoms with van der Waals surface area (Å²) in [6.45, 7) is 0. The van der Waals surface area contributed by atoms with E-state index in [1.807, 2.05) is 0 Å². The molecule has 0 spiro atoms. The third-order valence-corrected chi connectivity index (χ3v) is 1.57. The number of ether oxygens (including phenoxy) is 1. The van der Waals surface area contributed by atoms with Crippen molar-refractivity contribution in [1.29, 1.82) is 0 Å². The van der Waals surface area contributed by atoms with E-state index in [9.17, 15) is 0 Å². The van der Waals surface area contributed by atoms with E-state index in [2.05, 4.69) is 0 Å². The molecule has 1 saturated carbocycles. The maximum absolute atomic E-state index is 7.49. The maximum Gasteiger partial charge on any atom is 0.0841 e. The minimum absolute atomic E-state index is 0.760. The van der Waals surface area contributed by atoms with Crippen molar-refractivity contribution < 1.29 is 7.48 Å². The molecule has 0 amide bonds. The van der Waals surface area contributed by atoms with Gasteiger partial charge in [-0.05, 0) is 12.8 Å². The second kappa shape index (κ2) is 1.22. The third-order valence-electron chi connectivity index (χ3n) is 1.57. The molecular weight excluding hydrogens is 88.1 g/mol. The lowest BCUT2D eigenvalue weighted by molar-refractivity contribution is 0.373. The molecule has 2 atom stereocenters. The Bertz CT molecular complexity index is 126. The van der Waals surface area contributed by atoms with Crippen LogP contribution in [0.15, 0.2) is 0 Å². The standard InChI is InChI=1S/C6H10O/c1-2-4-6-5(3-1)7-6/h5-6H,1-4H2/t5-,6+/i5D,6D. The maximum atomic E-state index is 7.49. The minimum Gasteiger partial charge on any atom is -0.370 e. The highest BCUT2D eigenvalue weighted by Gasteiger charge is 2.39. The van der Waals surface area contributed by atoms with Crippen molar-refractivity contribution in [2.75, 3.05) is 0 Å². The van der Waals surface area contributed by atoms with E-state index in [4.69, 9.17) is 7.48 Å². The molecule has 40 valence electrons. The van der Waals surface area contributed by atoms with Crippen LogP contribution in [0.5, 0.6) is 0 Å². The third kappa shape index (κ3) is 0.556. The summed E-state index contributed by atoms with van der Waals surface area (Å²) in [7, 11) is 0. The lowest BCUT2D eigenvalue weighted by Crippen LogP contribution is -2.00. The topological polar surface area (TPSA) is 12.5 Å². The molecule has 0 N–H and O–H groups in total. The fraction of sp³-hybridized carbons (Fsp3) is 1.00. The summed E-state index contributed by atoms with van der Waals surface area (Å²) in [6, 6.07) is 0. The van der Waals surface area contributed by atoms with Gasteiger partial charge in [-0.1, -0.05) is 12.8 Å². The molecule has 1 heteroatoms. The van der Waals surface area contributed by atoms with E-state index in [0.29, 0.717) is 0 Å². The first-order valence-electron chi connectivity index (χ1n) is 3.87. The minimum atomic E-state index is -0.800.